The van der Waals surface area contributed by atoms with Gasteiger partial charge >= 0.3 is 5.97 Å². The van der Waals surface area contributed by atoms with Crippen LogP contribution in [0.4, 0.5) is 0 Å². The molecule has 2 aromatic rings. The third-order valence-corrected chi connectivity index (χ3v) is 4.52. The zero-order valence-corrected chi connectivity index (χ0v) is 11.5. The van der Waals surface area contributed by atoms with Gasteiger partial charge in [0.15, 0.2) is 0 Å². The molecule has 0 N–H and O–H groups in total. The van der Waals surface area contributed by atoms with Gasteiger partial charge in [-0.25, -0.2) is 0 Å². The average Bonchev–Trinajstić information content (AvgIpc) is 3.07. The number of fused-ring (bicyclic) bond motifs is 1. The average molecular weight is 277 g/mol. The lowest BCUT2D eigenvalue weighted by atomic mass is 9.69. The third kappa shape index (κ3) is 1.74. The van der Waals surface area contributed by atoms with E-state index in [9.17, 15) is 4.79 Å². The van der Waals surface area contributed by atoms with Crippen LogP contribution in [0.2, 0.25) is 0 Å². The van der Waals surface area contributed by atoms with E-state index in [0.29, 0.717) is 6.42 Å². The van der Waals surface area contributed by atoms with Crippen molar-refractivity contribution < 1.29 is 9.53 Å². The SMILES string of the molecule is O=C1C[C@H]2[C@H](C=C[C@@]2(c2ccccc2)c2ccccn2)O1. The largest absolute Gasteiger partial charge is 0.458 e. The predicted octanol–water partition coefficient (Wildman–Crippen LogP) is 2.87. The molecule has 0 spiro atoms. The quantitative estimate of drug-likeness (QED) is 0.626. The van der Waals surface area contributed by atoms with Crippen LogP contribution in [-0.4, -0.2) is 17.1 Å². The van der Waals surface area contributed by atoms with Crippen LogP contribution in [-0.2, 0) is 14.9 Å². The Morgan fingerprint density at radius 1 is 1.10 bits per heavy atom. The van der Waals surface area contributed by atoms with E-state index in [-0.39, 0.29) is 23.4 Å². The number of carbonyl (C=O) groups excluding carboxylic acids is 1. The summed E-state index contributed by atoms with van der Waals surface area (Å²) < 4.78 is 5.43. The molecule has 1 aromatic heterocycles. The number of hydrogen-bond acceptors (Lipinski definition) is 3. The van der Waals surface area contributed by atoms with Gasteiger partial charge in [0.05, 0.1) is 17.5 Å². The van der Waals surface area contributed by atoms with Crippen LogP contribution >= 0.6 is 0 Å². The molecular formula is C18H15NO2. The number of ether oxygens (including phenoxy) is 1. The fourth-order valence-electron chi connectivity index (χ4n) is 3.60. The molecule has 3 nitrogen and oxygen atoms in total. The van der Waals surface area contributed by atoms with E-state index in [1.165, 1.54) is 0 Å². The van der Waals surface area contributed by atoms with Crippen molar-refractivity contribution in [1.29, 1.82) is 0 Å². The van der Waals surface area contributed by atoms with Gasteiger partial charge in [-0.1, -0.05) is 42.5 Å². The first-order chi connectivity index (χ1) is 10.3. The summed E-state index contributed by atoms with van der Waals surface area (Å²) in [6, 6.07) is 16.2. The highest BCUT2D eigenvalue weighted by Gasteiger charge is 2.53. The Morgan fingerprint density at radius 3 is 2.67 bits per heavy atom. The molecule has 1 aliphatic heterocycles. The normalized spacial score (nSPS) is 30.2. The Bertz CT molecular complexity index is 654. The molecule has 0 bridgehead atoms. The highest BCUT2D eigenvalue weighted by molar-refractivity contribution is 5.74. The smallest absolute Gasteiger partial charge is 0.306 e. The third-order valence-electron chi connectivity index (χ3n) is 4.52. The first-order valence-electron chi connectivity index (χ1n) is 7.16. The molecular weight excluding hydrogens is 262 g/mol. The zero-order valence-electron chi connectivity index (χ0n) is 11.5. The van der Waals surface area contributed by atoms with Crippen molar-refractivity contribution in [2.75, 3.05) is 0 Å². The zero-order chi connectivity index (χ0) is 14.3. The minimum absolute atomic E-state index is 0.0855. The summed E-state index contributed by atoms with van der Waals surface area (Å²) in [4.78, 5) is 16.3. The molecule has 4 rings (SSSR count). The Morgan fingerprint density at radius 2 is 1.90 bits per heavy atom. The van der Waals surface area contributed by atoms with Gasteiger partial charge in [0, 0.05) is 12.1 Å². The number of hydrogen-bond donors (Lipinski definition) is 0. The minimum Gasteiger partial charge on any atom is -0.458 e. The minimum atomic E-state index is -0.376. The number of pyridine rings is 1. The molecule has 1 saturated heterocycles. The Balaban J connectivity index is 1.93. The molecule has 2 aliphatic rings. The van der Waals surface area contributed by atoms with Crippen LogP contribution in [0.1, 0.15) is 17.7 Å². The number of rotatable bonds is 2. The van der Waals surface area contributed by atoms with E-state index < -0.39 is 0 Å². The second-order valence-electron chi connectivity index (χ2n) is 5.57. The fraction of sp³-hybridized carbons (Fsp3) is 0.222. The molecule has 3 atom stereocenters. The van der Waals surface area contributed by atoms with Crippen molar-refractivity contribution in [2.45, 2.75) is 17.9 Å². The van der Waals surface area contributed by atoms with E-state index in [1.807, 2.05) is 42.5 Å². The van der Waals surface area contributed by atoms with Crippen molar-refractivity contribution >= 4 is 5.97 Å². The number of aromatic nitrogens is 1. The number of carbonyl (C=O) groups is 1. The second-order valence-corrected chi connectivity index (χ2v) is 5.57. The van der Waals surface area contributed by atoms with Crippen LogP contribution in [0, 0.1) is 5.92 Å². The van der Waals surface area contributed by atoms with Crippen LogP contribution in [0.15, 0.2) is 66.9 Å². The molecule has 104 valence electrons. The van der Waals surface area contributed by atoms with E-state index in [2.05, 4.69) is 23.2 Å². The summed E-state index contributed by atoms with van der Waals surface area (Å²) in [6.45, 7) is 0. The Labute approximate surface area is 123 Å². The van der Waals surface area contributed by atoms with Gasteiger partial charge in [0.25, 0.3) is 0 Å². The van der Waals surface area contributed by atoms with Gasteiger partial charge in [-0.05, 0) is 23.8 Å². The second kappa shape index (κ2) is 4.55. The molecule has 21 heavy (non-hydrogen) atoms. The lowest BCUT2D eigenvalue weighted by Crippen LogP contribution is -2.35. The summed E-state index contributed by atoms with van der Waals surface area (Å²) in [5, 5.41) is 0. The van der Waals surface area contributed by atoms with Gasteiger partial charge in [-0.2, -0.15) is 0 Å². The van der Waals surface area contributed by atoms with Crippen molar-refractivity contribution in [1.82, 2.24) is 4.98 Å². The molecule has 1 aromatic carbocycles. The van der Waals surface area contributed by atoms with Crippen molar-refractivity contribution in [3.05, 3.63) is 78.1 Å². The lowest BCUT2D eigenvalue weighted by molar-refractivity contribution is -0.140. The molecule has 0 radical (unpaired) electrons. The van der Waals surface area contributed by atoms with Gasteiger partial charge < -0.3 is 4.74 Å². The standard InChI is InChI=1S/C18H15NO2/c20-17-12-14-15(21-17)9-10-18(14,13-6-2-1-3-7-13)16-8-4-5-11-19-16/h1-11,14-15H,12H2/t14-,15-,18-/m0/s1. The fourth-order valence-corrected chi connectivity index (χ4v) is 3.60. The predicted molar refractivity (Wildman–Crippen MR) is 78.6 cm³/mol. The maximum absolute atomic E-state index is 11.7. The van der Waals surface area contributed by atoms with E-state index in [1.54, 1.807) is 6.20 Å². The first kappa shape index (κ1) is 12.3. The van der Waals surface area contributed by atoms with Crippen LogP contribution in [0.5, 0.6) is 0 Å². The summed E-state index contributed by atoms with van der Waals surface area (Å²) >= 11 is 0. The summed E-state index contributed by atoms with van der Waals surface area (Å²) in [7, 11) is 0. The number of allylic oxidation sites excluding steroid dienone is 1. The van der Waals surface area contributed by atoms with Crippen molar-refractivity contribution in [2.24, 2.45) is 5.92 Å². The van der Waals surface area contributed by atoms with E-state index in [0.717, 1.165) is 11.3 Å². The van der Waals surface area contributed by atoms with Gasteiger partial charge in [-0.15, -0.1) is 0 Å². The molecule has 0 amide bonds. The maximum Gasteiger partial charge on any atom is 0.306 e. The monoisotopic (exact) mass is 277 g/mol. The number of esters is 1. The Hall–Kier alpha value is -2.42. The van der Waals surface area contributed by atoms with Crippen molar-refractivity contribution in [3.8, 4) is 0 Å². The van der Waals surface area contributed by atoms with E-state index in [4.69, 9.17) is 4.74 Å². The van der Waals surface area contributed by atoms with Gasteiger partial charge in [-0.3, -0.25) is 9.78 Å². The number of benzene rings is 1. The summed E-state index contributed by atoms with van der Waals surface area (Å²) in [5.74, 6) is -0.0344. The number of nitrogens with zero attached hydrogens (tertiary/aromatic N) is 1. The topological polar surface area (TPSA) is 39.2 Å². The maximum atomic E-state index is 11.7. The van der Waals surface area contributed by atoms with Crippen molar-refractivity contribution in [3.63, 3.8) is 0 Å². The molecule has 1 aliphatic carbocycles. The van der Waals surface area contributed by atoms with Gasteiger partial charge in [0.2, 0.25) is 0 Å². The van der Waals surface area contributed by atoms with E-state index >= 15 is 0 Å². The van der Waals surface area contributed by atoms with Crippen LogP contribution in [0.3, 0.4) is 0 Å². The first-order valence-corrected chi connectivity index (χ1v) is 7.16. The summed E-state index contributed by atoms with van der Waals surface area (Å²) in [6.07, 6.45) is 6.27. The highest BCUT2D eigenvalue weighted by atomic mass is 16.5. The molecule has 0 saturated carbocycles. The molecule has 3 heteroatoms. The molecule has 2 heterocycles. The van der Waals surface area contributed by atoms with Gasteiger partial charge in [0.1, 0.15) is 6.10 Å². The van der Waals surface area contributed by atoms with Crippen LogP contribution < -0.4 is 0 Å². The Kier molecular flexibility index (Phi) is 2.67. The molecule has 0 unspecified atom stereocenters. The van der Waals surface area contributed by atoms with Crippen LogP contribution in [0.25, 0.3) is 0 Å². The summed E-state index contributed by atoms with van der Waals surface area (Å²) in [5.41, 5.74) is 1.75. The lowest BCUT2D eigenvalue weighted by Gasteiger charge is -2.33. The molecule has 1 fully saturated rings. The highest BCUT2D eigenvalue weighted by Crippen LogP contribution is 2.50.